The van der Waals surface area contributed by atoms with Crippen molar-refractivity contribution in [2.45, 2.75) is 102 Å². The predicted octanol–water partition coefficient (Wildman–Crippen LogP) is 8.63. The molecule has 320 valence electrons. The van der Waals surface area contributed by atoms with Crippen LogP contribution in [0.3, 0.4) is 0 Å². The molecule has 9 heteroatoms. The number of hydrogen-bond acceptors (Lipinski definition) is 8. The molecule has 5 aromatic carbocycles. The Hall–Kier alpha value is -4.00. The zero-order valence-electron chi connectivity index (χ0n) is 35.6. The van der Waals surface area contributed by atoms with E-state index >= 15 is 0 Å². The summed E-state index contributed by atoms with van der Waals surface area (Å²) in [4.78, 5) is 0. The quantitative estimate of drug-likeness (QED) is 0.0489. The van der Waals surface area contributed by atoms with E-state index in [-0.39, 0.29) is 11.6 Å². The van der Waals surface area contributed by atoms with Crippen LogP contribution in [-0.2, 0) is 52.7 Å². The van der Waals surface area contributed by atoms with E-state index in [4.69, 9.17) is 32.8 Å². The van der Waals surface area contributed by atoms with E-state index in [1.54, 1.807) is 0 Å². The lowest BCUT2D eigenvalue weighted by Gasteiger charge is -2.44. The number of aliphatic hydroxyl groups excluding tert-OH is 1. The van der Waals surface area contributed by atoms with E-state index in [2.05, 4.69) is 81.4 Å². The largest absolute Gasteiger partial charge is 0.407 e. The molecule has 0 aliphatic carbocycles. The third-order valence-electron chi connectivity index (χ3n) is 11.0. The molecule has 0 amide bonds. The van der Waals surface area contributed by atoms with Crippen molar-refractivity contribution in [3.8, 4) is 0 Å². The molecule has 0 radical (unpaired) electrons. The second-order valence-corrected chi connectivity index (χ2v) is 20.8. The molecular formula is C51H64O8Si. The molecule has 1 heterocycles. The van der Waals surface area contributed by atoms with Crippen LogP contribution in [0.2, 0.25) is 5.04 Å². The molecule has 8 nitrogen and oxygen atoms in total. The lowest BCUT2D eigenvalue weighted by Crippen LogP contribution is -2.66. The van der Waals surface area contributed by atoms with Crippen LogP contribution in [0.5, 0.6) is 0 Å². The van der Waals surface area contributed by atoms with E-state index in [1.165, 1.54) is 10.4 Å². The standard InChI is InChI=1S/C51H64O8Si/c1-51(2,3)60(44-29-15-7-16-30-44,45-31-17-8-18-32-45)58-36-22-20-34-53-33-19-21-35-55-50-47(52)49(57-39-43-27-13-6-14-28-43)48(56-38-42-25-11-5-12-26-42)46(59-50)40-54-37-41-23-9-4-10-24-41/h4-18,23-32,46-50,52H,19-22,33-40H2,1-3H3/t46-,47-,48-,49-,50-/m1/s1. The van der Waals surface area contributed by atoms with Crippen molar-refractivity contribution in [2.75, 3.05) is 33.0 Å². The average Bonchev–Trinajstić information content (AvgIpc) is 3.28. The first kappa shape index (κ1) is 45.5. The van der Waals surface area contributed by atoms with Crippen molar-refractivity contribution >= 4 is 18.7 Å². The fraction of sp³-hybridized carbons (Fsp3) is 0.412. The summed E-state index contributed by atoms with van der Waals surface area (Å²) in [5.74, 6) is 0. The number of rotatable bonds is 24. The Morgan fingerprint density at radius 3 is 1.43 bits per heavy atom. The third kappa shape index (κ3) is 13.0. The van der Waals surface area contributed by atoms with Gasteiger partial charge in [-0.15, -0.1) is 0 Å². The lowest BCUT2D eigenvalue weighted by atomic mass is 9.98. The van der Waals surface area contributed by atoms with E-state index in [1.807, 2.05) is 91.0 Å². The Labute approximate surface area is 358 Å². The predicted molar refractivity (Wildman–Crippen MR) is 240 cm³/mol. The van der Waals surface area contributed by atoms with Gasteiger partial charge in [-0.05, 0) is 57.8 Å². The minimum Gasteiger partial charge on any atom is -0.407 e. The molecule has 1 aliphatic heterocycles. The molecule has 0 saturated carbocycles. The second kappa shape index (κ2) is 23.8. The molecule has 1 N–H and O–H groups in total. The minimum absolute atomic E-state index is 0.0437. The second-order valence-electron chi connectivity index (χ2n) is 16.5. The van der Waals surface area contributed by atoms with Crippen LogP contribution in [0, 0.1) is 0 Å². The van der Waals surface area contributed by atoms with Gasteiger partial charge >= 0.3 is 0 Å². The molecular weight excluding hydrogens is 769 g/mol. The maximum absolute atomic E-state index is 11.7. The van der Waals surface area contributed by atoms with Crippen LogP contribution in [0.15, 0.2) is 152 Å². The van der Waals surface area contributed by atoms with Crippen molar-refractivity contribution < 1.29 is 38.0 Å². The first-order chi connectivity index (χ1) is 29.3. The fourth-order valence-electron chi connectivity index (χ4n) is 7.86. The Morgan fingerprint density at radius 1 is 0.500 bits per heavy atom. The van der Waals surface area contributed by atoms with Gasteiger partial charge < -0.3 is 38.0 Å². The molecule has 5 aromatic rings. The van der Waals surface area contributed by atoms with Gasteiger partial charge in [-0.3, -0.25) is 0 Å². The van der Waals surface area contributed by atoms with Gasteiger partial charge in [-0.1, -0.05) is 172 Å². The van der Waals surface area contributed by atoms with Crippen molar-refractivity contribution in [1.29, 1.82) is 0 Å². The van der Waals surface area contributed by atoms with Gasteiger partial charge in [-0.25, -0.2) is 0 Å². The summed E-state index contributed by atoms with van der Waals surface area (Å²) in [6, 6.07) is 51.5. The summed E-state index contributed by atoms with van der Waals surface area (Å²) in [5.41, 5.74) is 3.08. The van der Waals surface area contributed by atoms with Gasteiger partial charge in [0, 0.05) is 26.4 Å². The SMILES string of the molecule is CC(C)(C)[Si](OCCCCOCCCCO[C@@H]1O[C@H](COCc2ccccc2)[C@@H](OCc2ccccc2)[C@H](OCc2ccccc2)[C@H]1O)(c1ccccc1)c1ccccc1. The zero-order valence-corrected chi connectivity index (χ0v) is 36.6. The van der Waals surface area contributed by atoms with Crippen LogP contribution < -0.4 is 10.4 Å². The Kier molecular flexibility index (Phi) is 18.1. The molecule has 1 aliphatic rings. The van der Waals surface area contributed by atoms with Gasteiger partial charge in [0.1, 0.15) is 24.4 Å². The Morgan fingerprint density at radius 2 is 0.933 bits per heavy atom. The van der Waals surface area contributed by atoms with Gasteiger partial charge in [0.2, 0.25) is 0 Å². The van der Waals surface area contributed by atoms with E-state index in [9.17, 15) is 5.11 Å². The van der Waals surface area contributed by atoms with Crippen LogP contribution in [0.4, 0.5) is 0 Å². The van der Waals surface area contributed by atoms with Crippen LogP contribution in [0.25, 0.3) is 0 Å². The maximum Gasteiger partial charge on any atom is 0.261 e. The summed E-state index contributed by atoms with van der Waals surface area (Å²) in [7, 11) is -2.54. The molecule has 5 atom stereocenters. The topological polar surface area (TPSA) is 84.8 Å². The zero-order chi connectivity index (χ0) is 41.9. The third-order valence-corrected chi connectivity index (χ3v) is 16.0. The monoisotopic (exact) mass is 832 g/mol. The normalized spacial score (nSPS) is 19.6. The molecule has 6 rings (SSSR count). The van der Waals surface area contributed by atoms with Gasteiger partial charge in [0.15, 0.2) is 6.29 Å². The van der Waals surface area contributed by atoms with Crippen LogP contribution >= 0.6 is 0 Å². The average molecular weight is 833 g/mol. The van der Waals surface area contributed by atoms with Crippen molar-refractivity contribution in [3.63, 3.8) is 0 Å². The highest BCUT2D eigenvalue weighted by molar-refractivity contribution is 6.99. The smallest absolute Gasteiger partial charge is 0.261 e. The lowest BCUT2D eigenvalue weighted by molar-refractivity contribution is -0.319. The summed E-state index contributed by atoms with van der Waals surface area (Å²) in [6.45, 7) is 10.6. The summed E-state index contributed by atoms with van der Waals surface area (Å²) >= 11 is 0. The number of hydrogen-bond donors (Lipinski definition) is 1. The van der Waals surface area contributed by atoms with Crippen molar-refractivity contribution in [3.05, 3.63) is 168 Å². The van der Waals surface area contributed by atoms with E-state index in [0.717, 1.165) is 42.4 Å². The molecule has 0 spiro atoms. The first-order valence-electron chi connectivity index (χ1n) is 21.6. The summed E-state index contributed by atoms with van der Waals surface area (Å²) < 4.78 is 45.0. The van der Waals surface area contributed by atoms with Crippen molar-refractivity contribution in [2.24, 2.45) is 0 Å². The number of aliphatic hydroxyl groups is 1. The molecule has 1 fully saturated rings. The number of ether oxygens (including phenoxy) is 6. The summed E-state index contributed by atoms with van der Waals surface area (Å²) in [5, 5.41) is 14.3. The molecule has 60 heavy (non-hydrogen) atoms. The molecule has 1 saturated heterocycles. The fourth-order valence-corrected chi connectivity index (χ4v) is 12.5. The van der Waals surface area contributed by atoms with Gasteiger partial charge in [-0.2, -0.15) is 0 Å². The molecule has 0 unspecified atom stereocenters. The van der Waals surface area contributed by atoms with Crippen LogP contribution in [0.1, 0.15) is 63.1 Å². The highest BCUT2D eigenvalue weighted by Gasteiger charge is 2.50. The molecule has 0 bridgehead atoms. The van der Waals surface area contributed by atoms with E-state index < -0.39 is 39.0 Å². The van der Waals surface area contributed by atoms with Crippen LogP contribution in [-0.4, -0.2) is 77.2 Å². The number of benzene rings is 5. The Balaban J connectivity index is 0.985. The van der Waals surface area contributed by atoms with E-state index in [0.29, 0.717) is 46.2 Å². The summed E-state index contributed by atoms with van der Waals surface area (Å²) in [6.07, 6.45) is -0.456. The maximum atomic E-state index is 11.7. The minimum atomic E-state index is -2.54. The highest BCUT2D eigenvalue weighted by Crippen LogP contribution is 2.37. The first-order valence-corrected chi connectivity index (χ1v) is 23.5. The highest BCUT2D eigenvalue weighted by atomic mass is 28.4. The number of unbranched alkanes of at least 4 members (excludes halogenated alkanes) is 2. The molecule has 0 aromatic heterocycles. The van der Waals surface area contributed by atoms with Crippen molar-refractivity contribution in [1.82, 2.24) is 0 Å². The van der Waals surface area contributed by atoms with Gasteiger partial charge in [0.25, 0.3) is 8.32 Å². The van der Waals surface area contributed by atoms with Gasteiger partial charge in [0.05, 0.1) is 26.4 Å². The Bertz CT molecular complexity index is 1840.